The third-order valence-corrected chi connectivity index (χ3v) is 2.34. The molecule has 0 aliphatic heterocycles. The zero-order valence-electron chi connectivity index (χ0n) is 8.38. The van der Waals surface area contributed by atoms with Gasteiger partial charge in [0.25, 0.3) is 6.04 Å². The average Bonchev–Trinajstić information content (AvgIpc) is 2.18. The van der Waals surface area contributed by atoms with Crippen LogP contribution in [-0.2, 0) is 0 Å². The van der Waals surface area contributed by atoms with E-state index >= 15 is 0 Å². The van der Waals surface area contributed by atoms with Crippen LogP contribution in [0.4, 0.5) is 0 Å². The SMILES string of the molecule is C[C@@H](c1ccccc1)C(C(=N)N)[N+](=O)[O-]. The van der Waals surface area contributed by atoms with Gasteiger partial charge >= 0.3 is 0 Å². The molecule has 0 saturated heterocycles. The van der Waals surface area contributed by atoms with Gasteiger partial charge in [0.1, 0.15) is 0 Å². The van der Waals surface area contributed by atoms with E-state index in [2.05, 4.69) is 0 Å². The molecule has 1 aromatic rings. The Kier molecular flexibility index (Phi) is 3.38. The lowest BCUT2D eigenvalue weighted by Crippen LogP contribution is -2.39. The molecule has 0 saturated carbocycles. The van der Waals surface area contributed by atoms with Gasteiger partial charge in [0, 0.05) is 4.92 Å². The summed E-state index contributed by atoms with van der Waals surface area (Å²) in [7, 11) is 0. The van der Waals surface area contributed by atoms with Crippen molar-refractivity contribution in [3.8, 4) is 0 Å². The summed E-state index contributed by atoms with van der Waals surface area (Å²) in [6.45, 7) is 1.70. The van der Waals surface area contributed by atoms with E-state index in [4.69, 9.17) is 11.1 Å². The van der Waals surface area contributed by atoms with Gasteiger partial charge in [-0.15, -0.1) is 0 Å². The maximum absolute atomic E-state index is 10.7. The molecular weight excluding hydrogens is 194 g/mol. The Hall–Kier alpha value is -1.91. The number of rotatable bonds is 4. The minimum absolute atomic E-state index is 0.390. The summed E-state index contributed by atoms with van der Waals surface area (Å²) in [5.74, 6) is -0.796. The lowest BCUT2D eigenvalue weighted by molar-refractivity contribution is -0.506. The number of hydrogen-bond donors (Lipinski definition) is 2. The van der Waals surface area contributed by atoms with Crippen LogP contribution in [-0.4, -0.2) is 16.8 Å². The molecule has 0 spiro atoms. The van der Waals surface area contributed by atoms with Gasteiger partial charge in [-0.2, -0.15) is 0 Å². The highest BCUT2D eigenvalue weighted by molar-refractivity contribution is 5.82. The van der Waals surface area contributed by atoms with Gasteiger partial charge in [-0.3, -0.25) is 15.5 Å². The summed E-state index contributed by atoms with van der Waals surface area (Å²) < 4.78 is 0. The van der Waals surface area contributed by atoms with Crippen LogP contribution < -0.4 is 5.73 Å². The number of benzene rings is 1. The van der Waals surface area contributed by atoms with E-state index in [1.165, 1.54) is 0 Å². The minimum Gasteiger partial charge on any atom is -0.382 e. The second kappa shape index (κ2) is 4.54. The van der Waals surface area contributed by atoms with E-state index in [0.29, 0.717) is 0 Å². The Labute approximate surface area is 87.6 Å². The van der Waals surface area contributed by atoms with Crippen molar-refractivity contribution in [1.82, 2.24) is 0 Å². The van der Waals surface area contributed by atoms with Gasteiger partial charge in [-0.1, -0.05) is 37.3 Å². The zero-order chi connectivity index (χ0) is 11.4. The van der Waals surface area contributed by atoms with Crippen LogP contribution in [0.25, 0.3) is 0 Å². The largest absolute Gasteiger partial charge is 0.382 e. The third kappa shape index (κ3) is 2.52. The summed E-state index contributed by atoms with van der Waals surface area (Å²) in [6.07, 6.45) is 0. The molecule has 15 heavy (non-hydrogen) atoms. The molecule has 0 amide bonds. The van der Waals surface area contributed by atoms with Gasteiger partial charge in [0.05, 0.1) is 5.92 Å². The normalized spacial score (nSPS) is 14.2. The van der Waals surface area contributed by atoms with E-state index in [9.17, 15) is 10.1 Å². The highest BCUT2D eigenvalue weighted by Gasteiger charge is 2.32. The molecule has 0 aliphatic rings. The zero-order valence-corrected chi connectivity index (χ0v) is 8.38. The molecule has 1 unspecified atom stereocenters. The van der Waals surface area contributed by atoms with Crippen molar-refractivity contribution >= 4 is 5.84 Å². The monoisotopic (exact) mass is 207 g/mol. The van der Waals surface area contributed by atoms with Crippen LogP contribution in [0, 0.1) is 15.5 Å². The molecule has 0 bridgehead atoms. The lowest BCUT2D eigenvalue weighted by atomic mass is 9.93. The van der Waals surface area contributed by atoms with E-state index in [0.717, 1.165) is 5.56 Å². The Morgan fingerprint density at radius 3 is 2.40 bits per heavy atom. The third-order valence-electron chi connectivity index (χ3n) is 2.34. The van der Waals surface area contributed by atoms with E-state index in [-0.39, 0.29) is 0 Å². The molecule has 0 aromatic heterocycles. The molecule has 3 N–H and O–H groups in total. The van der Waals surface area contributed by atoms with Crippen LogP contribution in [0.2, 0.25) is 0 Å². The molecule has 0 fully saturated rings. The smallest absolute Gasteiger partial charge is 0.274 e. The lowest BCUT2D eigenvalue weighted by Gasteiger charge is -2.15. The van der Waals surface area contributed by atoms with Gasteiger partial charge in [0.2, 0.25) is 0 Å². The van der Waals surface area contributed by atoms with Crippen LogP contribution in [0.15, 0.2) is 30.3 Å². The van der Waals surface area contributed by atoms with Crippen molar-refractivity contribution in [2.24, 2.45) is 5.73 Å². The number of nitrogens with zero attached hydrogens (tertiary/aromatic N) is 1. The molecule has 5 nitrogen and oxygen atoms in total. The van der Waals surface area contributed by atoms with Gasteiger partial charge in [-0.25, -0.2) is 0 Å². The number of nitrogens with one attached hydrogen (secondary N) is 1. The fraction of sp³-hybridized carbons (Fsp3) is 0.300. The maximum atomic E-state index is 10.7. The Morgan fingerprint density at radius 2 is 2.00 bits per heavy atom. The summed E-state index contributed by atoms with van der Waals surface area (Å²) in [6, 6.07) is 7.90. The molecule has 80 valence electrons. The minimum atomic E-state index is -1.15. The molecule has 0 heterocycles. The van der Waals surface area contributed by atoms with Crippen molar-refractivity contribution in [2.75, 3.05) is 0 Å². The highest BCUT2D eigenvalue weighted by atomic mass is 16.6. The summed E-state index contributed by atoms with van der Waals surface area (Å²) in [5.41, 5.74) is 6.03. The second-order valence-electron chi connectivity index (χ2n) is 3.38. The van der Waals surface area contributed by atoms with E-state index < -0.39 is 22.7 Å². The summed E-state index contributed by atoms with van der Waals surface area (Å²) in [4.78, 5) is 10.2. The first kappa shape index (κ1) is 11.2. The number of nitrogens with two attached hydrogens (primary N) is 1. The van der Waals surface area contributed by atoms with Crippen molar-refractivity contribution in [3.05, 3.63) is 46.0 Å². The first-order chi connectivity index (χ1) is 7.04. The Balaban J connectivity index is 2.96. The first-order valence-electron chi connectivity index (χ1n) is 4.56. The molecule has 1 aromatic carbocycles. The fourth-order valence-electron chi connectivity index (χ4n) is 1.50. The van der Waals surface area contributed by atoms with Gasteiger partial charge in [0.15, 0.2) is 5.84 Å². The molecule has 5 heteroatoms. The number of hydrogen-bond acceptors (Lipinski definition) is 3. The van der Waals surface area contributed by atoms with Crippen molar-refractivity contribution in [3.63, 3.8) is 0 Å². The fourth-order valence-corrected chi connectivity index (χ4v) is 1.50. The Morgan fingerprint density at radius 1 is 1.47 bits per heavy atom. The topological polar surface area (TPSA) is 93.0 Å². The average molecular weight is 207 g/mol. The first-order valence-corrected chi connectivity index (χ1v) is 4.56. The molecule has 2 atom stereocenters. The van der Waals surface area contributed by atoms with E-state index in [1.54, 1.807) is 19.1 Å². The quantitative estimate of drug-likeness (QED) is 0.338. The van der Waals surface area contributed by atoms with Crippen LogP contribution in [0.5, 0.6) is 0 Å². The molecule has 0 aliphatic carbocycles. The van der Waals surface area contributed by atoms with Crippen LogP contribution >= 0.6 is 0 Å². The van der Waals surface area contributed by atoms with Gasteiger partial charge in [-0.05, 0) is 5.56 Å². The van der Waals surface area contributed by atoms with Crippen molar-refractivity contribution in [1.29, 1.82) is 5.41 Å². The molecular formula is C10H13N3O2. The maximum Gasteiger partial charge on any atom is 0.274 e. The van der Waals surface area contributed by atoms with Crippen LogP contribution in [0.3, 0.4) is 0 Å². The Bertz CT molecular complexity index is 350. The van der Waals surface area contributed by atoms with Crippen LogP contribution in [0.1, 0.15) is 18.4 Å². The van der Waals surface area contributed by atoms with Crippen molar-refractivity contribution < 1.29 is 4.92 Å². The number of amidine groups is 1. The highest BCUT2D eigenvalue weighted by Crippen LogP contribution is 2.20. The predicted octanol–water partition coefficient (Wildman–Crippen LogP) is 1.37. The van der Waals surface area contributed by atoms with E-state index in [1.807, 2.05) is 18.2 Å². The summed E-state index contributed by atoms with van der Waals surface area (Å²) >= 11 is 0. The number of nitro groups is 1. The summed E-state index contributed by atoms with van der Waals surface area (Å²) in [5, 5.41) is 17.9. The standard InChI is InChI=1S/C10H13N3O2/c1-7(8-5-3-2-4-6-8)9(10(11)12)13(14)15/h2-7,9H,1H3,(H3,11,12)/t7-,9?/m0/s1. The van der Waals surface area contributed by atoms with Gasteiger partial charge < -0.3 is 5.73 Å². The molecule has 0 radical (unpaired) electrons. The van der Waals surface area contributed by atoms with Crippen molar-refractivity contribution in [2.45, 2.75) is 18.9 Å². The second-order valence-corrected chi connectivity index (χ2v) is 3.38. The molecule has 1 rings (SSSR count). The predicted molar refractivity (Wildman–Crippen MR) is 57.6 cm³/mol.